The first-order valence-corrected chi connectivity index (χ1v) is 35.2. The maximum Gasteiger partial charge on any atom is 0.407 e. The number of likely N-dealkylation sites (N-methyl/N-ethyl adjacent to an activating group) is 7. The van der Waals surface area contributed by atoms with Crippen molar-refractivity contribution in [1.29, 1.82) is 0 Å². The zero-order valence-electron chi connectivity index (χ0n) is 62.8. The highest BCUT2D eigenvalue weighted by Gasteiger charge is 2.46. The highest BCUT2D eigenvalue weighted by atomic mass is 16.6. The van der Waals surface area contributed by atoms with Crippen LogP contribution in [-0.2, 0) is 57.5 Å². The van der Waals surface area contributed by atoms with Crippen LogP contribution in [0, 0.1) is 41.4 Å². The Morgan fingerprint density at radius 3 is 1.33 bits per heavy atom. The van der Waals surface area contributed by atoms with Crippen LogP contribution in [0.25, 0.3) is 0 Å². The molecule has 0 spiro atoms. The van der Waals surface area contributed by atoms with Gasteiger partial charge in [-0.05, 0) is 120 Å². The van der Waals surface area contributed by atoms with E-state index in [0.29, 0.717) is 25.7 Å². The van der Waals surface area contributed by atoms with Crippen LogP contribution in [0.4, 0.5) is 4.79 Å². The lowest BCUT2D eigenvalue weighted by molar-refractivity contribution is -0.154. The van der Waals surface area contributed by atoms with Crippen LogP contribution in [0.3, 0.4) is 0 Å². The van der Waals surface area contributed by atoms with Crippen molar-refractivity contribution in [1.82, 2.24) is 60.9 Å². The molecule has 13 atom stereocenters. The van der Waals surface area contributed by atoms with Gasteiger partial charge in [-0.3, -0.25) is 52.7 Å². The molecule has 26 nitrogen and oxygen atoms in total. The first-order valence-electron chi connectivity index (χ1n) is 35.2. The van der Waals surface area contributed by atoms with Gasteiger partial charge in [-0.1, -0.05) is 123 Å². The lowest BCUT2D eigenvalue weighted by atomic mass is 9.90. The van der Waals surface area contributed by atoms with Crippen LogP contribution in [-0.4, -0.2) is 245 Å². The second-order valence-corrected chi connectivity index (χ2v) is 30.1. The third kappa shape index (κ3) is 25.4. The number of hydrogen-bond donors (Lipinski definition) is 6. The number of aliphatic hydroxyl groups excluding tert-OH is 1. The smallest absolute Gasteiger partial charge is 0.407 e. The van der Waals surface area contributed by atoms with Gasteiger partial charge < -0.3 is 70.7 Å². The van der Waals surface area contributed by atoms with Crippen molar-refractivity contribution in [3.05, 3.63) is 0 Å². The highest BCUT2D eigenvalue weighted by Crippen LogP contribution is 2.26. The molecule has 0 aromatic heterocycles. The quantitative estimate of drug-likeness (QED) is 0.0943. The molecule has 1 heterocycles. The second kappa shape index (κ2) is 39.7. The molecule has 96 heavy (non-hydrogen) atoms. The monoisotopic (exact) mass is 1360 g/mol. The molecular weight excluding hydrogens is 1230 g/mol. The normalized spacial score (nSPS) is 26.4. The third-order valence-electron chi connectivity index (χ3n) is 18.6. The van der Waals surface area contributed by atoms with Gasteiger partial charge in [-0.25, -0.2) is 4.79 Å². The van der Waals surface area contributed by atoms with Crippen molar-refractivity contribution in [3.8, 4) is 0 Å². The Balaban J connectivity index is 3.13. The van der Waals surface area contributed by atoms with Crippen molar-refractivity contribution in [3.63, 3.8) is 0 Å². The summed E-state index contributed by atoms with van der Waals surface area (Å²) in [6, 6.07) is -13.5. The number of hydrogen-bond acceptors (Lipinski definition) is 14. The van der Waals surface area contributed by atoms with Crippen LogP contribution >= 0.6 is 0 Å². The van der Waals surface area contributed by atoms with Crippen LogP contribution in [0.2, 0.25) is 0 Å². The molecule has 1 saturated heterocycles. The summed E-state index contributed by atoms with van der Waals surface area (Å²) >= 11 is 0. The van der Waals surface area contributed by atoms with Crippen LogP contribution in [0.1, 0.15) is 201 Å². The van der Waals surface area contributed by atoms with Gasteiger partial charge >= 0.3 is 6.09 Å². The molecule has 2 rings (SSSR count). The fourth-order valence-electron chi connectivity index (χ4n) is 12.6. The second-order valence-electron chi connectivity index (χ2n) is 30.1. The number of nitrogens with one attached hydrogen (secondary N) is 5. The number of aliphatic hydroxyl groups is 1. The maximum atomic E-state index is 15.5. The van der Waals surface area contributed by atoms with Gasteiger partial charge in [0, 0.05) is 55.4 Å². The number of carbonyl (C=O) groups excluding carboxylic acids is 12. The fourth-order valence-corrected chi connectivity index (χ4v) is 12.6. The molecule has 0 aromatic rings. The minimum Gasteiger partial charge on any atom is -0.444 e. The summed E-state index contributed by atoms with van der Waals surface area (Å²) in [5, 5.41) is 26.3. The predicted octanol–water partition coefficient (Wildman–Crippen LogP) is 4.92. The fraction of sp³-hybridized carbons (Fsp3) is 0.829. The molecule has 550 valence electrons. The van der Waals surface area contributed by atoms with E-state index in [2.05, 4.69) is 26.6 Å². The van der Waals surface area contributed by atoms with Gasteiger partial charge in [-0.2, -0.15) is 0 Å². The Bertz CT molecular complexity index is 2610. The minimum absolute atomic E-state index is 0.0458. The van der Waals surface area contributed by atoms with Crippen molar-refractivity contribution < 1.29 is 67.4 Å². The van der Waals surface area contributed by atoms with Gasteiger partial charge in [0.15, 0.2) is 0 Å². The van der Waals surface area contributed by atoms with E-state index in [-0.39, 0.29) is 80.1 Å². The molecule has 6 N–H and O–H groups in total. The number of rotatable bonds is 20. The number of amides is 12. The largest absolute Gasteiger partial charge is 0.444 e. The Kier molecular flexibility index (Phi) is 35.4. The van der Waals surface area contributed by atoms with E-state index in [1.807, 2.05) is 90.0 Å². The first kappa shape index (κ1) is 85.5. The molecule has 2 aliphatic rings. The molecule has 1 aliphatic carbocycles. The van der Waals surface area contributed by atoms with E-state index in [1.165, 1.54) is 94.6 Å². The average Bonchev–Trinajstić information content (AvgIpc) is 0.905. The Labute approximate surface area is 574 Å². The third-order valence-corrected chi connectivity index (χ3v) is 18.6. The summed E-state index contributed by atoms with van der Waals surface area (Å²) < 4.78 is 5.87. The van der Waals surface area contributed by atoms with Crippen LogP contribution in [0.15, 0.2) is 0 Å². The number of nitrogens with zero attached hydrogens (tertiary/aromatic N) is 7. The van der Waals surface area contributed by atoms with Crippen molar-refractivity contribution in [2.75, 3.05) is 55.9 Å². The Morgan fingerprint density at radius 2 is 0.875 bits per heavy atom. The molecule has 0 bridgehead atoms. The zero-order valence-corrected chi connectivity index (χ0v) is 62.8. The SMILES string of the molecule is CCCC[C@@H](C)C(O)[C@H]1C(=O)N[C@@H](C(C)OC(=O)NC2CCCC2)C(=O)N(C)CC(=O)N(C)[C@@H](CC(C)C)C(=O)N(C)[C@@H](CC(C)C)C(=O)N(C)[C@@H](CC(C)C)C(=O)N[C@@H](C)C(=O)N[C@H](C)C(=O)N(C)[C@@H](CC(C)C)C(=O)N[C@@H](CC(C)C)C(=O)N(C)[C@@H](CC(C)C)C(=O)N1C. The lowest BCUT2D eigenvalue weighted by Gasteiger charge is -2.40. The number of alkyl carbamates (subject to hydrolysis) is 1. The zero-order chi connectivity index (χ0) is 73.7. The molecule has 26 heteroatoms. The summed E-state index contributed by atoms with van der Waals surface area (Å²) in [5.74, 6) is -9.83. The number of unbranched alkanes of at least 4 members (excludes halogenated alkanes) is 1. The highest BCUT2D eigenvalue weighted by molar-refractivity contribution is 5.99. The Morgan fingerprint density at radius 1 is 0.479 bits per heavy atom. The van der Waals surface area contributed by atoms with Gasteiger partial charge in [-0.15, -0.1) is 0 Å². The van der Waals surface area contributed by atoms with E-state index in [1.54, 1.807) is 6.92 Å². The number of carbonyl (C=O) groups is 12. The maximum absolute atomic E-state index is 15.5. The molecule has 2 unspecified atom stereocenters. The van der Waals surface area contributed by atoms with Crippen LogP contribution < -0.4 is 26.6 Å². The molecule has 0 radical (unpaired) electrons. The van der Waals surface area contributed by atoms with Gasteiger partial charge in [0.2, 0.25) is 65.0 Å². The van der Waals surface area contributed by atoms with Crippen LogP contribution in [0.5, 0.6) is 0 Å². The van der Waals surface area contributed by atoms with Gasteiger partial charge in [0.05, 0.1) is 12.6 Å². The summed E-state index contributed by atoms with van der Waals surface area (Å²) in [6.07, 6.45) is 1.69. The average molecular weight is 1360 g/mol. The molecular formula is C70H126N12O14. The predicted molar refractivity (Wildman–Crippen MR) is 369 cm³/mol. The molecule has 12 amide bonds. The summed E-state index contributed by atoms with van der Waals surface area (Å²) in [6.45, 7) is 29.6. The summed E-state index contributed by atoms with van der Waals surface area (Å²) in [5.41, 5.74) is 0. The van der Waals surface area contributed by atoms with E-state index >= 15 is 28.8 Å². The van der Waals surface area contributed by atoms with Crippen molar-refractivity contribution in [2.45, 2.75) is 280 Å². The van der Waals surface area contributed by atoms with E-state index in [4.69, 9.17) is 4.74 Å². The topological polar surface area (TPSA) is 317 Å². The standard InChI is InChI=1S/C70H126N12O14/c1-25-26-29-45(14)59(84)58-63(88)75-57(48(17)96-70(95)73-49-30-27-28-31-49)69(94)76(18)38-56(83)77(19)53(35-42(8)9)66(91)81(23)54(36-43(10)11)67(92)79(21)51(33-40(4)5)61(86)71-46(15)60(85)72-47(16)64(89)78(20)52(34-41(6)7)62(87)74-50(32-39(2)3)65(90)80(22)55(37-44(12)13)68(93)82(58)24/h39-55,57-59,84H,25-38H2,1-24H3,(H,71,86)(H,72,85)(H,73,95)(H,74,87)(H,75,88)/t45-,46+,47-,48?,50+,51+,52+,53+,54+,55+,57+,58+,59?/m1/s1. The molecule has 2 fully saturated rings. The van der Waals surface area contributed by atoms with E-state index in [0.717, 1.165) is 29.1 Å². The lowest BCUT2D eigenvalue weighted by Crippen LogP contribution is -2.64. The number of ether oxygens (including phenoxy) is 1. The van der Waals surface area contributed by atoms with Crippen molar-refractivity contribution >= 4 is 71.1 Å². The summed E-state index contributed by atoms with van der Waals surface area (Å²) in [4.78, 5) is 186. The first-order chi connectivity index (χ1) is 44.5. The van der Waals surface area contributed by atoms with E-state index in [9.17, 15) is 33.9 Å². The molecule has 1 saturated carbocycles. The van der Waals surface area contributed by atoms with Gasteiger partial charge in [0.25, 0.3) is 0 Å². The minimum atomic E-state index is -1.76. The molecule has 0 aromatic carbocycles. The Hall–Kier alpha value is -6.60. The van der Waals surface area contributed by atoms with Gasteiger partial charge in [0.1, 0.15) is 66.5 Å². The molecule has 1 aliphatic heterocycles. The summed E-state index contributed by atoms with van der Waals surface area (Å²) in [7, 11) is 9.78. The van der Waals surface area contributed by atoms with E-state index < -0.39 is 156 Å². The van der Waals surface area contributed by atoms with Crippen molar-refractivity contribution in [2.24, 2.45) is 41.4 Å².